The molecule has 0 saturated heterocycles. The summed E-state index contributed by atoms with van der Waals surface area (Å²) < 4.78 is 1.85. The molecule has 2 aromatic rings. The lowest BCUT2D eigenvalue weighted by atomic mass is 10.1. The normalized spacial score (nSPS) is 15.7. The van der Waals surface area contributed by atoms with Gasteiger partial charge in [0.15, 0.2) is 0 Å². The van der Waals surface area contributed by atoms with Crippen molar-refractivity contribution in [1.82, 2.24) is 15.0 Å². The van der Waals surface area contributed by atoms with Gasteiger partial charge in [0.1, 0.15) is 5.69 Å². The van der Waals surface area contributed by atoms with Crippen LogP contribution < -0.4 is 0 Å². The molecule has 0 saturated carbocycles. The molecule has 1 heterocycles. The maximum absolute atomic E-state index is 5.98. The number of rotatable bonds is 3. The quantitative estimate of drug-likeness (QED) is 0.795. The lowest BCUT2D eigenvalue weighted by molar-refractivity contribution is 0.648. The largest absolute Gasteiger partial charge is 0.248 e. The van der Waals surface area contributed by atoms with Crippen LogP contribution in [0.3, 0.4) is 0 Å². The Labute approximate surface area is 112 Å². The summed E-state index contributed by atoms with van der Waals surface area (Å²) in [6, 6.07) is 6.74. The van der Waals surface area contributed by atoms with Crippen molar-refractivity contribution in [2.24, 2.45) is 0 Å². The molecule has 1 unspecified atom stereocenters. The van der Waals surface area contributed by atoms with Crippen molar-refractivity contribution in [1.29, 1.82) is 0 Å². The fraction of sp³-hybridized carbons (Fsp3) is 0.429. The van der Waals surface area contributed by atoms with E-state index in [0.29, 0.717) is 0 Å². The van der Waals surface area contributed by atoms with Gasteiger partial charge in [-0.25, -0.2) is 4.68 Å². The predicted octanol–water partition coefficient (Wildman–Crippen LogP) is 3.11. The van der Waals surface area contributed by atoms with Crippen molar-refractivity contribution in [2.45, 2.75) is 38.1 Å². The molecule has 0 spiro atoms. The highest BCUT2D eigenvalue weighted by Crippen LogP contribution is 2.23. The Kier molecular flexibility index (Phi) is 3.08. The summed E-state index contributed by atoms with van der Waals surface area (Å²) in [5.41, 5.74) is 5.12. The number of fused-ring (bicyclic) bond motifs is 1. The summed E-state index contributed by atoms with van der Waals surface area (Å²) in [6.45, 7) is 2.68. The number of aryl methyl sites for hydroxylation is 2. The first kappa shape index (κ1) is 11.7. The molecular weight excluding hydrogens is 246 g/mol. The van der Waals surface area contributed by atoms with Crippen LogP contribution in [0.1, 0.15) is 41.1 Å². The Balaban J connectivity index is 1.79. The van der Waals surface area contributed by atoms with Crippen LogP contribution in [0, 0.1) is 0 Å². The lowest BCUT2D eigenvalue weighted by Gasteiger charge is -2.04. The molecule has 3 rings (SSSR count). The monoisotopic (exact) mass is 261 g/mol. The molecule has 1 aromatic heterocycles. The van der Waals surface area contributed by atoms with Crippen LogP contribution in [0.15, 0.2) is 24.4 Å². The molecule has 0 amide bonds. The Morgan fingerprint density at radius 1 is 1.33 bits per heavy atom. The van der Waals surface area contributed by atoms with E-state index >= 15 is 0 Å². The molecule has 3 nitrogen and oxygen atoms in total. The maximum atomic E-state index is 5.98. The van der Waals surface area contributed by atoms with Gasteiger partial charge >= 0.3 is 0 Å². The van der Waals surface area contributed by atoms with Gasteiger partial charge < -0.3 is 0 Å². The van der Waals surface area contributed by atoms with E-state index in [2.05, 4.69) is 28.5 Å². The Bertz CT molecular complexity index is 560. The van der Waals surface area contributed by atoms with Crippen LogP contribution in [0.4, 0.5) is 0 Å². The van der Waals surface area contributed by atoms with Gasteiger partial charge in [0.2, 0.25) is 0 Å². The number of benzene rings is 1. The first-order chi connectivity index (χ1) is 8.72. The zero-order valence-corrected chi connectivity index (χ0v) is 11.2. The van der Waals surface area contributed by atoms with E-state index in [-0.39, 0.29) is 5.38 Å². The van der Waals surface area contributed by atoms with Gasteiger partial charge in [-0.1, -0.05) is 23.4 Å². The van der Waals surface area contributed by atoms with Crippen LogP contribution >= 0.6 is 11.6 Å². The van der Waals surface area contributed by atoms with E-state index in [9.17, 15) is 0 Å². The second kappa shape index (κ2) is 4.73. The molecule has 1 aliphatic rings. The van der Waals surface area contributed by atoms with E-state index in [1.165, 1.54) is 36.0 Å². The third-order valence-corrected chi connectivity index (χ3v) is 3.69. The molecule has 0 fully saturated rings. The lowest BCUT2D eigenvalue weighted by Crippen LogP contribution is -2.01. The van der Waals surface area contributed by atoms with Crippen molar-refractivity contribution in [3.8, 4) is 0 Å². The van der Waals surface area contributed by atoms with Crippen molar-refractivity contribution in [2.75, 3.05) is 0 Å². The van der Waals surface area contributed by atoms with E-state index in [1.54, 1.807) is 0 Å². The standard InChI is InChI=1S/C14H16ClN3/c1-10(15)14-9-18(17-16-14)8-11-5-6-12-3-2-4-13(12)7-11/h5-7,9-10H,2-4,8H2,1H3. The van der Waals surface area contributed by atoms with Gasteiger partial charge in [0.05, 0.1) is 18.1 Å². The Morgan fingerprint density at radius 3 is 2.94 bits per heavy atom. The number of nitrogens with zero attached hydrogens (tertiary/aromatic N) is 3. The minimum absolute atomic E-state index is 0.0845. The summed E-state index contributed by atoms with van der Waals surface area (Å²) in [7, 11) is 0. The summed E-state index contributed by atoms with van der Waals surface area (Å²) in [5, 5.41) is 8.09. The van der Waals surface area contributed by atoms with Crippen molar-refractivity contribution in [3.63, 3.8) is 0 Å². The molecule has 18 heavy (non-hydrogen) atoms. The maximum Gasteiger partial charge on any atom is 0.100 e. The van der Waals surface area contributed by atoms with E-state index in [1.807, 2.05) is 17.8 Å². The van der Waals surface area contributed by atoms with Crippen molar-refractivity contribution >= 4 is 11.6 Å². The minimum atomic E-state index is -0.0845. The Hall–Kier alpha value is -1.35. The smallest absolute Gasteiger partial charge is 0.100 e. The molecule has 1 aliphatic carbocycles. The van der Waals surface area contributed by atoms with Gasteiger partial charge in [-0.05, 0) is 42.9 Å². The van der Waals surface area contributed by atoms with E-state index in [0.717, 1.165) is 12.2 Å². The van der Waals surface area contributed by atoms with Gasteiger partial charge in [-0.2, -0.15) is 0 Å². The third-order valence-electron chi connectivity index (χ3n) is 3.47. The van der Waals surface area contributed by atoms with Crippen molar-refractivity contribution in [3.05, 3.63) is 46.8 Å². The zero-order valence-electron chi connectivity index (χ0n) is 10.4. The summed E-state index contributed by atoms with van der Waals surface area (Å²) in [6.07, 6.45) is 5.65. The highest BCUT2D eigenvalue weighted by molar-refractivity contribution is 6.20. The van der Waals surface area contributed by atoms with Gasteiger partial charge in [0.25, 0.3) is 0 Å². The molecular formula is C14H16ClN3. The molecule has 1 aromatic carbocycles. The van der Waals surface area contributed by atoms with Gasteiger partial charge in [-0.3, -0.25) is 0 Å². The van der Waals surface area contributed by atoms with Crippen LogP contribution in [-0.4, -0.2) is 15.0 Å². The molecule has 0 aliphatic heterocycles. The number of hydrogen-bond donors (Lipinski definition) is 0. The zero-order chi connectivity index (χ0) is 12.5. The number of hydrogen-bond acceptors (Lipinski definition) is 2. The SMILES string of the molecule is CC(Cl)c1cn(Cc2ccc3c(c2)CCC3)nn1. The Morgan fingerprint density at radius 2 is 2.17 bits per heavy atom. The van der Waals surface area contributed by atoms with Crippen LogP contribution in [0.25, 0.3) is 0 Å². The second-order valence-electron chi connectivity index (χ2n) is 4.91. The predicted molar refractivity (Wildman–Crippen MR) is 71.9 cm³/mol. The topological polar surface area (TPSA) is 30.7 Å². The van der Waals surface area contributed by atoms with E-state index < -0.39 is 0 Å². The van der Waals surface area contributed by atoms with Crippen molar-refractivity contribution < 1.29 is 0 Å². The number of aromatic nitrogens is 3. The highest BCUT2D eigenvalue weighted by atomic mass is 35.5. The van der Waals surface area contributed by atoms with Crippen LogP contribution in [0.2, 0.25) is 0 Å². The molecule has 0 N–H and O–H groups in total. The fourth-order valence-corrected chi connectivity index (χ4v) is 2.58. The summed E-state index contributed by atoms with van der Waals surface area (Å²) >= 11 is 5.98. The molecule has 94 valence electrons. The molecule has 4 heteroatoms. The highest BCUT2D eigenvalue weighted by Gasteiger charge is 2.11. The third kappa shape index (κ3) is 2.27. The number of alkyl halides is 1. The van der Waals surface area contributed by atoms with Gasteiger partial charge in [0, 0.05) is 0 Å². The summed E-state index contributed by atoms with van der Waals surface area (Å²) in [5.74, 6) is 0. The van der Waals surface area contributed by atoms with Crippen LogP contribution in [0.5, 0.6) is 0 Å². The van der Waals surface area contributed by atoms with Gasteiger partial charge in [-0.15, -0.1) is 16.7 Å². The van der Waals surface area contributed by atoms with Crippen LogP contribution in [-0.2, 0) is 19.4 Å². The first-order valence-electron chi connectivity index (χ1n) is 6.37. The first-order valence-corrected chi connectivity index (χ1v) is 6.81. The fourth-order valence-electron chi connectivity index (χ4n) is 2.48. The average molecular weight is 262 g/mol. The van der Waals surface area contributed by atoms with E-state index in [4.69, 9.17) is 11.6 Å². The number of halogens is 1. The molecule has 0 bridgehead atoms. The molecule has 1 atom stereocenters. The minimum Gasteiger partial charge on any atom is -0.248 e. The summed E-state index contributed by atoms with van der Waals surface area (Å²) in [4.78, 5) is 0. The average Bonchev–Trinajstić information content (AvgIpc) is 2.96. The molecule has 0 radical (unpaired) electrons. The second-order valence-corrected chi connectivity index (χ2v) is 5.57.